The molecule has 5 nitrogen and oxygen atoms in total. The van der Waals surface area contributed by atoms with E-state index >= 15 is 0 Å². The average molecular weight is 310 g/mol. The van der Waals surface area contributed by atoms with Crippen LogP contribution in [0, 0.1) is 20.8 Å². The van der Waals surface area contributed by atoms with Gasteiger partial charge in [0.2, 0.25) is 6.33 Å². The van der Waals surface area contributed by atoms with Crippen molar-refractivity contribution in [1.82, 2.24) is 19.7 Å². The van der Waals surface area contributed by atoms with Gasteiger partial charge in [-0.05, 0) is 38.0 Å². The van der Waals surface area contributed by atoms with Crippen LogP contribution in [0.2, 0.25) is 0 Å². The number of aromatic nitrogens is 5. The summed E-state index contributed by atoms with van der Waals surface area (Å²) >= 11 is 1.63. The number of hydrogen-bond acceptors (Lipinski definition) is 4. The summed E-state index contributed by atoms with van der Waals surface area (Å²) in [5, 5.41) is 8.12. The van der Waals surface area contributed by atoms with Gasteiger partial charge in [-0.15, -0.1) is 4.98 Å². The van der Waals surface area contributed by atoms with Gasteiger partial charge in [-0.3, -0.25) is 0 Å². The Kier molecular flexibility index (Phi) is 2.77. The van der Waals surface area contributed by atoms with Gasteiger partial charge in [0, 0.05) is 22.8 Å². The minimum absolute atomic E-state index is 0.872. The number of hydrogen-bond donors (Lipinski definition) is 0. The van der Waals surface area contributed by atoms with Gasteiger partial charge >= 0.3 is 4.96 Å². The summed E-state index contributed by atoms with van der Waals surface area (Å²) in [4.78, 5) is 5.43. The summed E-state index contributed by atoms with van der Waals surface area (Å²) < 4.78 is 5.18. The van der Waals surface area contributed by atoms with Crippen molar-refractivity contribution in [1.29, 1.82) is 0 Å². The molecule has 0 spiro atoms. The van der Waals surface area contributed by atoms with Crippen LogP contribution in [0.3, 0.4) is 0 Å². The van der Waals surface area contributed by atoms with Crippen LogP contribution in [0.1, 0.15) is 16.7 Å². The smallest absolute Gasteiger partial charge is 0.323 e. The molecular formula is C16H16N5S+. The molecule has 0 aliphatic rings. The zero-order valence-corrected chi connectivity index (χ0v) is 13.8. The van der Waals surface area contributed by atoms with E-state index in [2.05, 4.69) is 52.7 Å². The molecule has 0 fully saturated rings. The Balaban J connectivity index is 2.16. The van der Waals surface area contributed by atoms with Gasteiger partial charge in [0.05, 0.1) is 5.69 Å². The Bertz CT molecular complexity index is 1030. The fraction of sp³-hybridized carbons (Fsp3) is 0.250. The quantitative estimate of drug-likeness (QED) is 0.508. The molecule has 0 N–H and O–H groups in total. The molecule has 0 radical (unpaired) electrons. The molecule has 0 atom stereocenters. The monoisotopic (exact) mass is 310 g/mol. The summed E-state index contributed by atoms with van der Waals surface area (Å²) in [7, 11) is 2.04. The number of nitrogens with zero attached hydrogens (tertiary/aromatic N) is 5. The zero-order valence-electron chi connectivity index (χ0n) is 13.0. The van der Waals surface area contributed by atoms with Crippen molar-refractivity contribution >= 4 is 26.6 Å². The summed E-state index contributed by atoms with van der Waals surface area (Å²) in [5.41, 5.74) is 7.23. The van der Waals surface area contributed by atoms with Crippen LogP contribution in [-0.4, -0.2) is 19.7 Å². The van der Waals surface area contributed by atoms with E-state index in [9.17, 15) is 0 Å². The van der Waals surface area contributed by atoms with Crippen molar-refractivity contribution in [2.75, 3.05) is 0 Å². The van der Waals surface area contributed by atoms with Crippen LogP contribution in [0.4, 0.5) is 0 Å². The summed E-state index contributed by atoms with van der Waals surface area (Å²) in [6, 6.07) is 4.47. The summed E-state index contributed by atoms with van der Waals surface area (Å²) in [6.07, 6.45) is 3.58. The van der Waals surface area contributed by atoms with Crippen LogP contribution in [-0.2, 0) is 7.05 Å². The van der Waals surface area contributed by atoms with Crippen molar-refractivity contribution in [2.45, 2.75) is 20.8 Å². The maximum absolute atomic E-state index is 4.56. The third kappa shape index (κ3) is 1.77. The average Bonchev–Trinajstić information content (AvgIpc) is 3.03. The normalized spacial score (nSPS) is 11.6. The highest BCUT2D eigenvalue weighted by atomic mass is 32.1. The molecule has 6 heteroatoms. The van der Waals surface area contributed by atoms with Gasteiger partial charge in [-0.25, -0.2) is 0 Å². The molecule has 4 rings (SSSR count). The Hall–Kier alpha value is -2.34. The Morgan fingerprint density at radius 1 is 1.18 bits per heavy atom. The molecule has 0 aliphatic carbocycles. The van der Waals surface area contributed by atoms with E-state index in [1.165, 1.54) is 27.9 Å². The van der Waals surface area contributed by atoms with E-state index in [4.69, 9.17) is 0 Å². The third-order valence-electron chi connectivity index (χ3n) is 4.13. The third-order valence-corrected chi connectivity index (χ3v) is 5.17. The van der Waals surface area contributed by atoms with E-state index in [1.54, 1.807) is 17.7 Å². The Morgan fingerprint density at radius 2 is 2.00 bits per heavy atom. The minimum Gasteiger partial charge on any atom is -0.323 e. The first-order valence-electron chi connectivity index (χ1n) is 7.11. The van der Waals surface area contributed by atoms with Gasteiger partial charge in [-0.1, -0.05) is 23.0 Å². The molecule has 0 unspecified atom stereocenters. The molecule has 0 bridgehead atoms. The van der Waals surface area contributed by atoms with Crippen molar-refractivity contribution in [3.8, 4) is 11.3 Å². The molecule has 1 aromatic carbocycles. The van der Waals surface area contributed by atoms with E-state index in [0.29, 0.717) is 0 Å². The van der Waals surface area contributed by atoms with E-state index in [1.807, 2.05) is 17.8 Å². The van der Waals surface area contributed by atoms with Gasteiger partial charge in [-0.2, -0.15) is 4.40 Å². The number of benzene rings is 1. The van der Waals surface area contributed by atoms with Crippen LogP contribution in [0.25, 0.3) is 26.6 Å². The van der Waals surface area contributed by atoms with Crippen LogP contribution >= 0.6 is 11.3 Å². The van der Waals surface area contributed by atoms with Crippen molar-refractivity contribution in [2.24, 2.45) is 7.05 Å². The largest absolute Gasteiger partial charge is 0.332 e. The first-order valence-corrected chi connectivity index (χ1v) is 7.93. The highest BCUT2D eigenvalue weighted by Crippen LogP contribution is 2.34. The van der Waals surface area contributed by atoms with Gasteiger partial charge in [0.15, 0.2) is 6.33 Å². The van der Waals surface area contributed by atoms with Crippen LogP contribution < -0.4 is 4.40 Å². The second-order valence-corrected chi connectivity index (χ2v) is 6.67. The molecule has 0 amide bonds. The molecule has 4 aromatic rings. The second kappa shape index (κ2) is 4.58. The maximum Gasteiger partial charge on any atom is 0.332 e. The lowest BCUT2D eigenvalue weighted by atomic mass is 9.97. The zero-order chi connectivity index (χ0) is 15.4. The molecule has 110 valence electrons. The summed E-state index contributed by atoms with van der Waals surface area (Å²) in [6.45, 7) is 6.48. The molecular weight excluding hydrogens is 294 g/mol. The van der Waals surface area contributed by atoms with Gasteiger partial charge < -0.3 is 4.57 Å². The lowest BCUT2D eigenvalue weighted by Crippen LogP contribution is -2.17. The molecule has 22 heavy (non-hydrogen) atoms. The van der Waals surface area contributed by atoms with E-state index in [-0.39, 0.29) is 0 Å². The van der Waals surface area contributed by atoms with Gasteiger partial charge in [0.25, 0.3) is 5.65 Å². The molecule has 0 saturated heterocycles. The standard InChI is InChI=1S/C16H16N5S/c1-9-5-10(2)11(3)12(6-9)13-14-15(17-7-20(13)4)21-8-18-19-16(21)22-14/h5-8H,1-4H3/q+1. The first-order chi connectivity index (χ1) is 10.6. The first kappa shape index (κ1) is 13.3. The molecule has 3 heterocycles. The topological polar surface area (TPSA) is 47.7 Å². The predicted molar refractivity (Wildman–Crippen MR) is 87.0 cm³/mol. The highest BCUT2D eigenvalue weighted by Gasteiger charge is 2.21. The highest BCUT2D eigenvalue weighted by molar-refractivity contribution is 7.23. The van der Waals surface area contributed by atoms with Crippen molar-refractivity contribution < 1.29 is 4.40 Å². The SMILES string of the molecule is Cc1cc(C)c(C)c(-c2c3sc4nnc[n+]4c3ncn2C)c1. The fourth-order valence-electron chi connectivity index (χ4n) is 2.92. The molecule has 0 aliphatic heterocycles. The van der Waals surface area contributed by atoms with Crippen molar-refractivity contribution in [3.05, 3.63) is 41.5 Å². The Morgan fingerprint density at radius 3 is 2.82 bits per heavy atom. The van der Waals surface area contributed by atoms with Crippen molar-refractivity contribution in [3.63, 3.8) is 0 Å². The number of rotatable bonds is 1. The van der Waals surface area contributed by atoms with Crippen LogP contribution in [0.15, 0.2) is 24.8 Å². The number of fused-ring (bicyclic) bond motifs is 3. The second-order valence-electron chi connectivity index (χ2n) is 5.70. The van der Waals surface area contributed by atoms with Gasteiger partial charge in [0.1, 0.15) is 4.70 Å². The number of aryl methyl sites for hydroxylation is 3. The summed E-state index contributed by atoms with van der Waals surface area (Å²) in [5.74, 6) is 0. The lowest BCUT2D eigenvalue weighted by Gasteiger charge is -2.14. The maximum atomic E-state index is 4.56. The van der Waals surface area contributed by atoms with E-state index < -0.39 is 0 Å². The predicted octanol–water partition coefficient (Wildman–Crippen LogP) is 2.76. The fourth-order valence-corrected chi connectivity index (χ4v) is 4.01. The Labute approximate surface area is 131 Å². The lowest BCUT2D eigenvalue weighted by molar-refractivity contribution is -0.480. The molecule has 3 aromatic heterocycles. The minimum atomic E-state index is 0.872. The number of thiazole rings is 1. The van der Waals surface area contributed by atoms with E-state index in [0.717, 1.165) is 15.3 Å². The van der Waals surface area contributed by atoms with Crippen LogP contribution in [0.5, 0.6) is 0 Å². The molecule has 0 saturated carbocycles.